The Bertz CT molecular complexity index is 608. The van der Waals surface area contributed by atoms with Crippen LogP contribution in [0, 0.1) is 5.82 Å². The van der Waals surface area contributed by atoms with E-state index in [1.54, 1.807) is 18.2 Å². The Morgan fingerprint density at radius 1 is 1.10 bits per heavy atom. The highest BCUT2D eigenvalue weighted by Crippen LogP contribution is 2.56. The summed E-state index contributed by atoms with van der Waals surface area (Å²) in [6, 6.07) is 15.0. The predicted molar refractivity (Wildman–Crippen MR) is 77.2 cm³/mol. The molecule has 1 saturated carbocycles. The summed E-state index contributed by atoms with van der Waals surface area (Å²) < 4.78 is 19.4. The Labute approximate surface area is 118 Å². The summed E-state index contributed by atoms with van der Waals surface area (Å²) in [6.45, 7) is 0. The highest BCUT2D eigenvalue weighted by Gasteiger charge is 2.50. The summed E-state index contributed by atoms with van der Waals surface area (Å²) in [6.07, 6.45) is 1.99. The monoisotopic (exact) mass is 271 g/mol. The smallest absolute Gasteiger partial charge is 0.169 e. The molecular weight excluding hydrogens is 253 g/mol. The van der Waals surface area contributed by atoms with Gasteiger partial charge in [-0.1, -0.05) is 42.5 Å². The maximum absolute atomic E-state index is 14.4. The predicted octanol–water partition coefficient (Wildman–Crippen LogP) is 3.57. The van der Waals surface area contributed by atoms with Crippen LogP contribution in [-0.2, 0) is 5.41 Å². The third-order valence-corrected chi connectivity index (χ3v) is 4.28. The van der Waals surface area contributed by atoms with Crippen LogP contribution in [0.1, 0.15) is 30.0 Å². The first-order chi connectivity index (χ1) is 9.69. The van der Waals surface area contributed by atoms with E-state index in [0.717, 1.165) is 12.8 Å². The van der Waals surface area contributed by atoms with Crippen LogP contribution < -0.4 is 10.5 Å². The third kappa shape index (κ3) is 1.98. The van der Waals surface area contributed by atoms with Crippen molar-refractivity contribution < 1.29 is 9.13 Å². The fourth-order valence-electron chi connectivity index (χ4n) is 2.91. The van der Waals surface area contributed by atoms with Crippen LogP contribution in [0.15, 0.2) is 48.5 Å². The molecule has 1 fully saturated rings. The lowest BCUT2D eigenvalue weighted by Crippen LogP contribution is -2.27. The SMILES string of the molecule is COc1cccc(C(N)C2(c3ccccc3)CC2)c1F. The van der Waals surface area contributed by atoms with E-state index in [4.69, 9.17) is 10.5 Å². The molecule has 0 aliphatic heterocycles. The Kier molecular flexibility index (Phi) is 3.22. The Hall–Kier alpha value is -1.87. The average molecular weight is 271 g/mol. The second-order valence-electron chi connectivity index (χ2n) is 5.36. The summed E-state index contributed by atoms with van der Waals surface area (Å²) >= 11 is 0. The van der Waals surface area contributed by atoms with E-state index < -0.39 is 0 Å². The first-order valence-electron chi connectivity index (χ1n) is 6.82. The van der Waals surface area contributed by atoms with Crippen LogP contribution in [0.25, 0.3) is 0 Å². The van der Waals surface area contributed by atoms with Gasteiger partial charge < -0.3 is 10.5 Å². The second kappa shape index (κ2) is 4.91. The molecule has 1 unspecified atom stereocenters. The van der Waals surface area contributed by atoms with Crippen LogP contribution >= 0.6 is 0 Å². The molecule has 2 aromatic carbocycles. The van der Waals surface area contributed by atoms with Crippen LogP contribution in [-0.4, -0.2) is 7.11 Å². The number of nitrogens with two attached hydrogens (primary N) is 1. The number of hydrogen-bond donors (Lipinski definition) is 1. The van der Waals surface area contributed by atoms with Gasteiger partial charge in [0.05, 0.1) is 7.11 Å². The fourth-order valence-corrected chi connectivity index (χ4v) is 2.91. The van der Waals surface area contributed by atoms with E-state index in [1.807, 2.05) is 18.2 Å². The van der Waals surface area contributed by atoms with Gasteiger partial charge in [-0.2, -0.15) is 0 Å². The van der Waals surface area contributed by atoms with Gasteiger partial charge in [0.2, 0.25) is 0 Å². The lowest BCUT2D eigenvalue weighted by Gasteiger charge is -2.25. The van der Waals surface area contributed by atoms with Crippen molar-refractivity contribution in [1.29, 1.82) is 0 Å². The van der Waals surface area contributed by atoms with Crippen molar-refractivity contribution in [3.05, 3.63) is 65.5 Å². The van der Waals surface area contributed by atoms with Crippen LogP contribution in [0.4, 0.5) is 4.39 Å². The molecule has 0 bridgehead atoms. The third-order valence-electron chi connectivity index (χ3n) is 4.28. The molecule has 2 aromatic rings. The highest BCUT2D eigenvalue weighted by molar-refractivity contribution is 5.41. The van der Waals surface area contributed by atoms with E-state index in [0.29, 0.717) is 5.56 Å². The van der Waals surface area contributed by atoms with E-state index >= 15 is 0 Å². The summed E-state index contributed by atoms with van der Waals surface area (Å²) in [5, 5.41) is 0. The quantitative estimate of drug-likeness (QED) is 0.922. The van der Waals surface area contributed by atoms with Crippen molar-refractivity contribution >= 4 is 0 Å². The average Bonchev–Trinajstić information content (AvgIpc) is 3.29. The van der Waals surface area contributed by atoms with Gasteiger partial charge in [-0.3, -0.25) is 0 Å². The first-order valence-corrected chi connectivity index (χ1v) is 6.82. The lowest BCUT2D eigenvalue weighted by molar-refractivity contribution is 0.379. The Balaban J connectivity index is 2.00. The summed E-state index contributed by atoms with van der Waals surface area (Å²) in [5.74, 6) is -0.0912. The molecule has 0 heterocycles. The van der Waals surface area contributed by atoms with Gasteiger partial charge in [0, 0.05) is 17.0 Å². The molecule has 0 saturated heterocycles. The number of ether oxygens (including phenoxy) is 1. The molecule has 104 valence electrons. The van der Waals surface area contributed by atoms with Crippen LogP contribution in [0.3, 0.4) is 0 Å². The summed E-state index contributed by atoms with van der Waals surface area (Å²) in [5.41, 5.74) is 7.99. The molecule has 0 spiro atoms. The molecular formula is C17H18FNO. The Morgan fingerprint density at radius 3 is 2.40 bits per heavy atom. The molecule has 0 aromatic heterocycles. The van der Waals surface area contributed by atoms with E-state index in [2.05, 4.69) is 12.1 Å². The Morgan fingerprint density at radius 2 is 1.80 bits per heavy atom. The normalized spacial score (nSPS) is 17.6. The van der Waals surface area contributed by atoms with Crippen molar-refractivity contribution in [2.24, 2.45) is 5.73 Å². The molecule has 3 rings (SSSR count). The molecule has 2 nitrogen and oxygen atoms in total. The molecule has 1 aliphatic rings. The topological polar surface area (TPSA) is 35.2 Å². The van der Waals surface area contributed by atoms with E-state index in [9.17, 15) is 4.39 Å². The molecule has 0 radical (unpaired) electrons. The van der Waals surface area contributed by atoms with E-state index in [-0.39, 0.29) is 23.0 Å². The van der Waals surface area contributed by atoms with E-state index in [1.165, 1.54) is 12.7 Å². The van der Waals surface area contributed by atoms with Gasteiger partial charge in [-0.05, 0) is 24.5 Å². The number of benzene rings is 2. The van der Waals surface area contributed by atoms with Crippen molar-refractivity contribution in [2.75, 3.05) is 7.11 Å². The maximum atomic E-state index is 14.4. The lowest BCUT2D eigenvalue weighted by atomic mass is 9.84. The number of methoxy groups -OCH3 is 1. The minimum Gasteiger partial charge on any atom is -0.494 e. The highest BCUT2D eigenvalue weighted by atomic mass is 19.1. The molecule has 1 aliphatic carbocycles. The summed E-state index contributed by atoms with van der Waals surface area (Å²) in [4.78, 5) is 0. The standard InChI is InChI=1S/C17H18FNO/c1-20-14-9-5-8-13(15(14)18)16(19)17(10-11-17)12-6-3-2-4-7-12/h2-9,16H,10-11,19H2,1H3. The van der Waals surface area contributed by atoms with Crippen molar-refractivity contribution in [2.45, 2.75) is 24.3 Å². The van der Waals surface area contributed by atoms with Gasteiger partial charge in [0.1, 0.15) is 0 Å². The second-order valence-corrected chi connectivity index (χ2v) is 5.36. The largest absolute Gasteiger partial charge is 0.494 e. The maximum Gasteiger partial charge on any atom is 0.169 e. The molecule has 1 atom stereocenters. The molecule has 3 heteroatoms. The number of hydrogen-bond acceptors (Lipinski definition) is 2. The first kappa shape index (κ1) is 13.1. The fraction of sp³-hybridized carbons (Fsp3) is 0.294. The minimum atomic E-state index is -0.347. The van der Waals surface area contributed by atoms with Crippen LogP contribution in [0.5, 0.6) is 5.75 Å². The van der Waals surface area contributed by atoms with Gasteiger partial charge in [-0.15, -0.1) is 0 Å². The zero-order valence-electron chi connectivity index (χ0n) is 11.5. The van der Waals surface area contributed by atoms with Crippen molar-refractivity contribution in [1.82, 2.24) is 0 Å². The minimum absolute atomic E-state index is 0.130. The molecule has 0 amide bonds. The zero-order chi connectivity index (χ0) is 14.2. The van der Waals surface area contributed by atoms with Gasteiger partial charge in [0.25, 0.3) is 0 Å². The molecule has 20 heavy (non-hydrogen) atoms. The van der Waals surface area contributed by atoms with Crippen molar-refractivity contribution in [3.8, 4) is 5.75 Å². The van der Waals surface area contributed by atoms with Crippen molar-refractivity contribution in [3.63, 3.8) is 0 Å². The van der Waals surface area contributed by atoms with Gasteiger partial charge in [0.15, 0.2) is 11.6 Å². The van der Waals surface area contributed by atoms with Gasteiger partial charge in [-0.25, -0.2) is 4.39 Å². The van der Waals surface area contributed by atoms with Crippen LogP contribution in [0.2, 0.25) is 0 Å². The van der Waals surface area contributed by atoms with Gasteiger partial charge >= 0.3 is 0 Å². The summed E-state index contributed by atoms with van der Waals surface area (Å²) in [7, 11) is 1.47. The number of rotatable bonds is 4. The zero-order valence-corrected chi connectivity index (χ0v) is 11.5. The molecule has 2 N–H and O–H groups in total. The number of halogens is 1.